The van der Waals surface area contributed by atoms with Crippen LogP contribution in [0, 0.1) is 0 Å². The Balaban J connectivity index is 3.15. The first kappa shape index (κ1) is 18.8. The molecule has 0 amide bonds. The molecule has 0 spiro atoms. The molecule has 0 unspecified atom stereocenters. The van der Waals surface area contributed by atoms with Crippen LogP contribution in [0.25, 0.3) is 0 Å². The Kier molecular flexibility index (Phi) is 6.46. The molecule has 0 aromatic rings. The van der Waals surface area contributed by atoms with Crippen LogP contribution in [-0.4, -0.2) is 54.7 Å². The third-order valence-corrected chi connectivity index (χ3v) is 2.72. The van der Waals surface area contributed by atoms with Crippen LogP contribution in [0.15, 0.2) is 0 Å². The van der Waals surface area contributed by atoms with Gasteiger partial charge in [0.1, 0.15) is 0 Å². The maximum Gasteiger partial charge on any atom is 0.305 e. The van der Waals surface area contributed by atoms with Crippen LogP contribution in [0.2, 0.25) is 0 Å². The summed E-state index contributed by atoms with van der Waals surface area (Å²) < 4.78 is 25.2. The molecule has 0 bridgehead atoms. The summed E-state index contributed by atoms with van der Waals surface area (Å²) in [5.74, 6) is -2.92. The molecule has 2 N–H and O–H groups in total. The maximum absolute atomic E-state index is 11.3. The van der Waals surface area contributed by atoms with Gasteiger partial charge in [0.05, 0.1) is 0 Å². The van der Waals surface area contributed by atoms with Gasteiger partial charge in [-0.05, 0) is 0 Å². The lowest BCUT2D eigenvalue weighted by molar-refractivity contribution is -0.294. The molecule has 1 saturated heterocycles. The molecule has 10 heteroatoms. The van der Waals surface area contributed by atoms with Gasteiger partial charge >= 0.3 is 23.9 Å². The van der Waals surface area contributed by atoms with Crippen LogP contribution in [0.1, 0.15) is 27.7 Å². The minimum absolute atomic E-state index is 0.710. The van der Waals surface area contributed by atoms with Gasteiger partial charge in [-0.25, -0.2) is 0 Å². The average molecular weight is 333 g/mol. The molecule has 1 fully saturated rings. The lowest BCUT2D eigenvalue weighted by atomic mass is 10.0. The Labute approximate surface area is 132 Å². The van der Waals surface area contributed by atoms with Gasteiger partial charge in [-0.15, -0.1) is 0 Å². The van der Waals surface area contributed by atoms with Crippen LogP contribution < -0.4 is 5.73 Å². The number of carbonyl (C=O) groups excluding carboxylic acids is 4. The number of nitrogens with two attached hydrogens (primary N) is 1. The topological polar surface area (TPSA) is 140 Å². The van der Waals surface area contributed by atoms with Crippen molar-refractivity contribution in [3.05, 3.63) is 0 Å². The van der Waals surface area contributed by atoms with Gasteiger partial charge in [-0.1, -0.05) is 0 Å². The molecule has 0 saturated carbocycles. The van der Waals surface area contributed by atoms with E-state index in [0.29, 0.717) is 0 Å². The highest BCUT2D eigenvalue weighted by Crippen LogP contribution is 2.27. The van der Waals surface area contributed by atoms with Crippen molar-refractivity contribution in [2.75, 3.05) is 0 Å². The van der Waals surface area contributed by atoms with E-state index in [1.54, 1.807) is 0 Å². The van der Waals surface area contributed by atoms with E-state index in [2.05, 4.69) is 0 Å². The summed E-state index contributed by atoms with van der Waals surface area (Å²) in [7, 11) is 0. The van der Waals surface area contributed by atoms with E-state index in [0.717, 1.165) is 27.7 Å². The first-order chi connectivity index (χ1) is 10.6. The number of ether oxygens (including phenoxy) is 5. The van der Waals surface area contributed by atoms with E-state index in [1.165, 1.54) is 0 Å². The Morgan fingerprint density at radius 2 is 1.09 bits per heavy atom. The molecule has 1 aliphatic rings. The number of carbonyl (C=O) groups is 4. The van der Waals surface area contributed by atoms with Crippen molar-refractivity contribution in [2.24, 2.45) is 5.73 Å². The zero-order chi connectivity index (χ0) is 17.7. The zero-order valence-corrected chi connectivity index (χ0v) is 13.1. The van der Waals surface area contributed by atoms with Gasteiger partial charge in [-0.2, -0.15) is 0 Å². The highest BCUT2D eigenvalue weighted by molar-refractivity contribution is 5.69. The van der Waals surface area contributed by atoms with E-state index in [4.69, 9.17) is 29.4 Å². The van der Waals surface area contributed by atoms with E-state index >= 15 is 0 Å². The lowest BCUT2D eigenvalue weighted by Crippen LogP contribution is -2.64. The van der Waals surface area contributed by atoms with Crippen LogP contribution >= 0.6 is 0 Å². The van der Waals surface area contributed by atoms with Crippen molar-refractivity contribution in [3.8, 4) is 0 Å². The second-order valence-corrected chi connectivity index (χ2v) is 4.80. The molecule has 130 valence electrons. The molecular formula is C13H19NO9. The Morgan fingerprint density at radius 1 is 0.696 bits per heavy atom. The van der Waals surface area contributed by atoms with Gasteiger partial charge < -0.3 is 29.4 Å². The molecule has 10 nitrogen and oxygen atoms in total. The van der Waals surface area contributed by atoms with Crippen molar-refractivity contribution < 1.29 is 42.9 Å². The third kappa shape index (κ3) is 5.49. The van der Waals surface area contributed by atoms with E-state index < -0.39 is 54.7 Å². The van der Waals surface area contributed by atoms with Crippen molar-refractivity contribution in [1.29, 1.82) is 0 Å². The summed E-state index contributed by atoms with van der Waals surface area (Å²) in [5.41, 5.74) is 5.73. The summed E-state index contributed by atoms with van der Waals surface area (Å²) in [6, 6.07) is 0. The fourth-order valence-electron chi connectivity index (χ4n) is 2.06. The second kappa shape index (κ2) is 7.88. The largest absolute Gasteiger partial charge is 0.454 e. The van der Waals surface area contributed by atoms with Crippen LogP contribution in [0.3, 0.4) is 0 Å². The molecule has 0 aliphatic carbocycles. The van der Waals surface area contributed by atoms with Crippen LogP contribution in [0.5, 0.6) is 0 Å². The molecule has 1 heterocycles. The molecule has 1 rings (SSSR count). The van der Waals surface area contributed by atoms with Crippen LogP contribution in [-0.2, 0) is 42.9 Å². The van der Waals surface area contributed by atoms with Crippen molar-refractivity contribution in [1.82, 2.24) is 0 Å². The quantitative estimate of drug-likeness (QED) is 0.502. The monoisotopic (exact) mass is 333 g/mol. The number of hydrogen-bond acceptors (Lipinski definition) is 10. The Hall–Kier alpha value is -2.20. The highest BCUT2D eigenvalue weighted by atomic mass is 16.7. The Bertz CT molecular complexity index is 492. The summed E-state index contributed by atoms with van der Waals surface area (Å²) in [4.78, 5) is 45.0. The fourth-order valence-corrected chi connectivity index (χ4v) is 2.06. The molecule has 23 heavy (non-hydrogen) atoms. The van der Waals surface area contributed by atoms with Gasteiger partial charge in [0.2, 0.25) is 12.4 Å². The molecule has 0 aromatic heterocycles. The standard InChI is InChI=1S/C13H19NO9/c1-5(15)19-9-10(20-6(2)16)12(14)23-13(22-8(4)18)11(9)21-7(3)17/h9-13H,14H2,1-4H3/t9-,10-,11-,12-,13+/m1/s1. The predicted octanol–water partition coefficient (Wildman–Crippen LogP) is -1.01. The SMILES string of the molecule is CC(=O)O[C@H]1O[C@@H](N)[C@H](OC(C)=O)[C@@H](OC(C)=O)[C@H]1OC(C)=O. The van der Waals surface area contributed by atoms with Crippen molar-refractivity contribution in [3.63, 3.8) is 0 Å². The fraction of sp³-hybridized carbons (Fsp3) is 0.692. The molecule has 0 radical (unpaired) electrons. The van der Waals surface area contributed by atoms with Gasteiger partial charge in [0.15, 0.2) is 18.4 Å². The molecule has 1 aliphatic heterocycles. The van der Waals surface area contributed by atoms with Crippen molar-refractivity contribution >= 4 is 23.9 Å². The van der Waals surface area contributed by atoms with E-state index in [9.17, 15) is 19.2 Å². The van der Waals surface area contributed by atoms with Gasteiger partial charge in [0, 0.05) is 27.7 Å². The zero-order valence-electron chi connectivity index (χ0n) is 13.1. The number of rotatable bonds is 4. The first-order valence-corrected chi connectivity index (χ1v) is 6.71. The Morgan fingerprint density at radius 3 is 1.52 bits per heavy atom. The molecular weight excluding hydrogens is 314 g/mol. The normalized spacial score (nSPS) is 30.0. The average Bonchev–Trinajstić information content (AvgIpc) is 2.36. The second-order valence-electron chi connectivity index (χ2n) is 4.80. The van der Waals surface area contributed by atoms with Crippen LogP contribution in [0.4, 0.5) is 0 Å². The van der Waals surface area contributed by atoms with Gasteiger partial charge in [-0.3, -0.25) is 19.2 Å². The summed E-state index contributed by atoms with van der Waals surface area (Å²) >= 11 is 0. The highest BCUT2D eigenvalue weighted by Gasteiger charge is 2.52. The predicted molar refractivity (Wildman–Crippen MR) is 71.3 cm³/mol. The summed E-state index contributed by atoms with van der Waals surface area (Å²) in [6.07, 6.45) is -6.56. The summed E-state index contributed by atoms with van der Waals surface area (Å²) in [6.45, 7) is 4.44. The first-order valence-electron chi connectivity index (χ1n) is 6.71. The van der Waals surface area contributed by atoms with E-state index in [1.807, 2.05) is 0 Å². The minimum atomic E-state index is -1.41. The number of esters is 4. The summed E-state index contributed by atoms with van der Waals surface area (Å²) in [5, 5.41) is 0. The third-order valence-electron chi connectivity index (χ3n) is 2.72. The number of hydrogen-bond donors (Lipinski definition) is 1. The smallest absolute Gasteiger partial charge is 0.305 e. The van der Waals surface area contributed by atoms with E-state index in [-0.39, 0.29) is 0 Å². The molecule has 5 atom stereocenters. The minimum Gasteiger partial charge on any atom is -0.454 e. The molecule has 0 aromatic carbocycles. The van der Waals surface area contributed by atoms with Gasteiger partial charge in [0.25, 0.3) is 0 Å². The lowest BCUT2D eigenvalue weighted by Gasteiger charge is -2.42. The maximum atomic E-state index is 11.3. The van der Waals surface area contributed by atoms with Crippen molar-refractivity contribution in [2.45, 2.75) is 58.5 Å².